The standard InChI is InChI=1S/C14H23NO3/c1-4-10-9-13(18-12(10)6-3)14(17)15-11(5-2)7-8-16/h9,11,16H,4-8H2,1-3H3,(H,15,17). The first-order valence-electron chi connectivity index (χ1n) is 6.69. The number of hydrogen-bond donors (Lipinski definition) is 2. The van der Waals surface area contributed by atoms with Crippen molar-refractivity contribution in [1.29, 1.82) is 0 Å². The summed E-state index contributed by atoms with van der Waals surface area (Å²) in [6, 6.07) is 1.82. The predicted octanol–water partition coefficient (Wildman–Crippen LogP) is 2.30. The first-order chi connectivity index (χ1) is 8.65. The minimum Gasteiger partial charge on any atom is -0.456 e. The van der Waals surface area contributed by atoms with Crippen LogP contribution in [0.3, 0.4) is 0 Å². The van der Waals surface area contributed by atoms with Gasteiger partial charge in [-0.1, -0.05) is 20.8 Å². The van der Waals surface area contributed by atoms with E-state index < -0.39 is 0 Å². The van der Waals surface area contributed by atoms with Gasteiger partial charge in [0.2, 0.25) is 0 Å². The summed E-state index contributed by atoms with van der Waals surface area (Å²) in [6.45, 7) is 6.13. The van der Waals surface area contributed by atoms with Crippen molar-refractivity contribution in [3.8, 4) is 0 Å². The van der Waals surface area contributed by atoms with Gasteiger partial charge >= 0.3 is 0 Å². The van der Waals surface area contributed by atoms with Gasteiger partial charge in [0.1, 0.15) is 5.76 Å². The SMILES string of the molecule is CCc1cc(C(=O)NC(CC)CCO)oc1CC. The van der Waals surface area contributed by atoms with Crippen molar-refractivity contribution in [3.05, 3.63) is 23.2 Å². The van der Waals surface area contributed by atoms with Gasteiger partial charge < -0.3 is 14.8 Å². The van der Waals surface area contributed by atoms with Crippen molar-refractivity contribution in [2.24, 2.45) is 0 Å². The Kier molecular flexibility index (Phi) is 5.92. The molecule has 1 heterocycles. The van der Waals surface area contributed by atoms with Gasteiger partial charge in [0, 0.05) is 19.1 Å². The van der Waals surface area contributed by atoms with Gasteiger partial charge in [-0.05, 0) is 30.9 Å². The second-order valence-corrected chi connectivity index (χ2v) is 4.36. The zero-order valence-corrected chi connectivity index (χ0v) is 11.5. The van der Waals surface area contributed by atoms with E-state index in [9.17, 15) is 4.79 Å². The number of rotatable bonds is 7. The third-order valence-corrected chi connectivity index (χ3v) is 3.13. The first-order valence-corrected chi connectivity index (χ1v) is 6.69. The van der Waals surface area contributed by atoms with Gasteiger partial charge in [-0.25, -0.2) is 0 Å². The highest BCUT2D eigenvalue weighted by molar-refractivity contribution is 5.92. The zero-order chi connectivity index (χ0) is 13.5. The Labute approximate surface area is 108 Å². The van der Waals surface area contributed by atoms with Crippen molar-refractivity contribution in [2.75, 3.05) is 6.61 Å². The Balaban J connectivity index is 2.74. The number of amides is 1. The molecule has 1 unspecified atom stereocenters. The molecule has 0 radical (unpaired) electrons. The lowest BCUT2D eigenvalue weighted by Crippen LogP contribution is -2.34. The van der Waals surface area contributed by atoms with Crippen LogP contribution in [0.15, 0.2) is 10.5 Å². The molecule has 4 heteroatoms. The second-order valence-electron chi connectivity index (χ2n) is 4.36. The van der Waals surface area contributed by atoms with Gasteiger partial charge in [0.05, 0.1) is 0 Å². The molecule has 1 aromatic heterocycles. The molecule has 1 atom stereocenters. The fourth-order valence-electron chi connectivity index (χ4n) is 1.97. The van der Waals surface area contributed by atoms with Crippen LogP contribution in [0.4, 0.5) is 0 Å². The molecule has 4 nitrogen and oxygen atoms in total. The summed E-state index contributed by atoms with van der Waals surface area (Å²) < 4.78 is 5.57. The molecule has 0 spiro atoms. The maximum Gasteiger partial charge on any atom is 0.287 e. The minimum absolute atomic E-state index is 0.00255. The van der Waals surface area contributed by atoms with Crippen LogP contribution in [0.1, 0.15) is 55.5 Å². The summed E-state index contributed by atoms with van der Waals surface area (Å²) >= 11 is 0. The van der Waals surface area contributed by atoms with E-state index in [-0.39, 0.29) is 18.6 Å². The van der Waals surface area contributed by atoms with Crippen LogP contribution in [0.25, 0.3) is 0 Å². The van der Waals surface area contributed by atoms with Crippen LogP contribution >= 0.6 is 0 Å². The summed E-state index contributed by atoms with van der Waals surface area (Å²) in [5.74, 6) is 1.07. The Morgan fingerprint density at radius 2 is 2.11 bits per heavy atom. The molecule has 0 saturated carbocycles. The number of aliphatic hydroxyl groups excluding tert-OH is 1. The van der Waals surface area contributed by atoms with Crippen molar-refractivity contribution < 1.29 is 14.3 Å². The molecule has 1 aromatic rings. The van der Waals surface area contributed by atoms with Crippen molar-refractivity contribution in [1.82, 2.24) is 5.32 Å². The first kappa shape index (κ1) is 14.8. The van der Waals surface area contributed by atoms with Gasteiger partial charge in [-0.2, -0.15) is 0 Å². The lowest BCUT2D eigenvalue weighted by atomic mass is 10.1. The van der Waals surface area contributed by atoms with E-state index in [4.69, 9.17) is 9.52 Å². The van der Waals surface area contributed by atoms with Crippen LogP contribution in [-0.4, -0.2) is 23.7 Å². The van der Waals surface area contributed by atoms with Crippen LogP contribution in [0.5, 0.6) is 0 Å². The monoisotopic (exact) mass is 253 g/mol. The molecule has 0 aliphatic heterocycles. The molecule has 0 fully saturated rings. The Hall–Kier alpha value is -1.29. The van der Waals surface area contributed by atoms with Crippen LogP contribution in [0.2, 0.25) is 0 Å². The van der Waals surface area contributed by atoms with Crippen LogP contribution < -0.4 is 5.32 Å². The summed E-state index contributed by atoms with van der Waals surface area (Å²) in [4.78, 5) is 12.0. The Bertz CT molecular complexity index is 363. The normalized spacial score (nSPS) is 12.4. The highest BCUT2D eigenvalue weighted by Crippen LogP contribution is 2.17. The molecule has 0 saturated heterocycles. The number of carbonyl (C=O) groups is 1. The topological polar surface area (TPSA) is 62.5 Å². The molecular weight excluding hydrogens is 230 g/mol. The predicted molar refractivity (Wildman–Crippen MR) is 70.7 cm³/mol. The van der Waals surface area contributed by atoms with E-state index in [1.165, 1.54) is 0 Å². The van der Waals surface area contributed by atoms with Gasteiger partial charge in [0.25, 0.3) is 5.91 Å². The van der Waals surface area contributed by atoms with E-state index >= 15 is 0 Å². The molecule has 0 aromatic carbocycles. The molecule has 18 heavy (non-hydrogen) atoms. The average molecular weight is 253 g/mol. The Morgan fingerprint density at radius 3 is 2.56 bits per heavy atom. The van der Waals surface area contributed by atoms with Crippen molar-refractivity contribution in [3.63, 3.8) is 0 Å². The molecular formula is C14H23NO3. The highest BCUT2D eigenvalue weighted by Gasteiger charge is 2.17. The smallest absolute Gasteiger partial charge is 0.287 e. The van der Waals surface area contributed by atoms with Gasteiger partial charge in [0.15, 0.2) is 5.76 Å². The summed E-state index contributed by atoms with van der Waals surface area (Å²) in [5, 5.41) is 11.8. The van der Waals surface area contributed by atoms with Crippen molar-refractivity contribution in [2.45, 2.75) is 52.5 Å². The number of aliphatic hydroxyl groups is 1. The lowest BCUT2D eigenvalue weighted by Gasteiger charge is -2.14. The third kappa shape index (κ3) is 3.60. The maximum atomic E-state index is 12.0. The number of hydrogen-bond acceptors (Lipinski definition) is 3. The van der Waals surface area contributed by atoms with E-state index in [1.54, 1.807) is 0 Å². The third-order valence-electron chi connectivity index (χ3n) is 3.13. The number of carbonyl (C=O) groups excluding carboxylic acids is 1. The zero-order valence-electron chi connectivity index (χ0n) is 11.5. The number of furan rings is 1. The van der Waals surface area contributed by atoms with Gasteiger partial charge in [-0.3, -0.25) is 4.79 Å². The number of nitrogens with one attached hydrogen (secondary N) is 1. The Morgan fingerprint density at radius 1 is 1.39 bits per heavy atom. The van der Waals surface area contributed by atoms with Crippen molar-refractivity contribution >= 4 is 5.91 Å². The molecule has 0 aliphatic carbocycles. The van der Waals surface area contributed by atoms with E-state index in [1.807, 2.05) is 26.8 Å². The summed E-state index contributed by atoms with van der Waals surface area (Å²) in [7, 11) is 0. The van der Waals surface area contributed by atoms with E-state index in [2.05, 4.69) is 5.32 Å². The average Bonchev–Trinajstić information content (AvgIpc) is 2.81. The molecule has 102 valence electrons. The molecule has 1 amide bonds. The highest BCUT2D eigenvalue weighted by atomic mass is 16.4. The fraction of sp³-hybridized carbons (Fsp3) is 0.643. The molecule has 2 N–H and O–H groups in total. The van der Waals surface area contributed by atoms with E-state index in [0.717, 1.165) is 30.6 Å². The molecule has 0 bridgehead atoms. The van der Waals surface area contributed by atoms with Gasteiger partial charge in [-0.15, -0.1) is 0 Å². The quantitative estimate of drug-likeness (QED) is 0.783. The number of aryl methyl sites for hydroxylation is 2. The molecule has 0 aliphatic rings. The summed E-state index contributed by atoms with van der Waals surface area (Å²) in [5.41, 5.74) is 1.10. The summed E-state index contributed by atoms with van der Waals surface area (Å²) in [6.07, 6.45) is 3.04. The maximum absolute atomic E-state index is 12.0. The van der Waals surface area contributed by atoms with Crippen LogP contribution in [-0.2, 0) is 12.8 Å². The largest absolute Gasteiger partial charge is 0.456 e. The minimum atomic E-state index is -0.190. The lowest BCUT2D eigenvalue weighted by molar-refractivity contribution is 0.0899. The van der Waals surface area contributed by atoms with Crippen LogP contribution in [0, 0.1) is 0 Å². The second kappa shape index (κ2) is 7.21. The molecule has 1 rings (SSSR count). The van der Waals surface area contributed by atoms with E-state index in [0.29, 0.717) is 12.2 Å². The fourth-order valence-corrected chi connectivity index (χ4v) is 1.97.